The number of pyridine rings is 1. The molecule has 7 heteroatoms. The molecule has 2 aliphatic heterocycles. The van der Waals surface area contributed by atoms with Crippen LogP contribution in [0.4, 0.5) is 5.82 Å². The summed E-state index contributed by atoms with van der Waals surface area (Å²) in [5, 5.41) is 9.43. The average Bonchev–Trinajstić information content (AvgIpc) is 2.99. The Kier molecular flexibility index (Phi) is 3.70. The van der Waals surface area contributed by atoms with Gasteiger partial charge < -0.3 is 14.2 Å². The zero-order valence-corrected chi connectivity index (χ0v) is 13.9. The SMILES string of the molecule is CC1(C)OB(c2cnc(N3CCC(=O)C3)c(C#N)c2)OC1(C)C. The second-order valence-electron chi connectivity index (χ2n) is 7.05. The van der Waals surface area contributed by atoms with E-state index in [0.29, 0.717) is 30.9 Å². The molecule has 0 radical (unpaired) electrons. The van der Waals surface area contributed by atoms with Crippen LogP contribution in [0, 0.1) is 11.3 Å². The van der Waals surface area contributed by atoms with Crippen LogP contribution in [0.15, 0.2) is 12.3 Å². The van der Waals surface area contributed by atoms with E-state index in [4.69, 9.17) is 9.31 Å². The number of anilines is 1. The minimum Gasteiger partial charge on any atom is -0.399 e. The van der Waals surface area contributed by atoms with Gasteiger partial charge in [0.25, 0.3) is 0 Å². The van der Waals surface area contributed by atoms with Crippen molar-refractivity contribution < 1.29 is 14.1 Å². The van der Waals surface area contributed by atoms with E-state index in [1.165, 1.54) is 0 Å². The van der Waals surface area contributed by atoms with Crippen molar-refractivity contribution in [3.05, 3.63) is 17.8 Å². The highest BCUT2D eigenvalue weighted by atomic mass is 16.7. The highest BCUT2D eigenvalue weighted by molar-refractivity contribution is 6.62. The third kappa shape index (κ3) is 2.73. The molecule has 1 aromatic rings. The first kappa shape index (κ1) is 16.0. The molecule has 0 aliphatic carbocycles. The summed E-state index contributed by atoms with van der Waals surface area (Å²) in [5.74, 6) is 0.726. The van der Waals surface area contributed by atoms with Gasteiger partial charge in [-0.3, -0.25) is 4.79 Å². The van der Waals surface area contributed by atoms with E-state index < -0.39 is 18.3 Å². The third-order valence-electron chi connectivity index (χ3n) is 4.86. The Balaban J connectivity index is 1.89. The summed E-state index contributed by atoms with van der Waals surface area (Å²) >= 11 is 0. The van der Waals surface area contributed by atoms with Crippen molar-refractivity contribution in [3.8, 4) is 6.07 Å². The summed E-state index contributed by atoms with van der Waals surface area (Å²) in [6.45, 7) is 8.85. The third-order valence-corrected chi connectivity index (χ3v) is 4.86. The van der Waals surface area contributed by atoms with Gasteiger partial charge in [0.15, 0.2) is 5.78 Å². The predicted octanol–water partition coefficient (Wildman–Crippen LogP) is 1.03. The number of aromatic nitrogens is 1. The lowest BCUT2D eigenvalue weighted by Gasteiger charge is -2.32. The normalized spacial score (nSPS) is 22.5. The summed E-state index contributed by atoms with van der Waals surface area (Å²) in [5.41, 5.74) is 0.274. The Labute approximate surface area is 136 Å². The molecule has 2 fully saturated rings. The average molecular weight is 313 g/mol. The fraction of sp³-hybridized carbons (Fsp3) is 0.562. The van der Waals surface area contributed by atoms with Gasteiger partial charge in [0.1, 0.15) is 11.9 Å². The van der Waals surface area contributed by atoms with Gasteiger partial charge in [-0.2, -0.15) is 5.26 Å². The van der Waals surface area contributed by atoms with Crippen molar-refractivity contribution in [2.45, 2.75) is 45.3 Å². The standard InChI is InChI=1S/C16H20BN3O3/c1-15(2)16(3,4)23-17(22-15)12-7-11(8-18)14(19-9-12)20-6-5-13(21)10-20/h7,9H,5-6,10H2,1-4H3. The molecule has 0 spiro atoms. The van der Waals surface area contributed by atoms with E-state index in [1.807, 2.05) is 32.6 Å². The molecular formula is C16H20BN3O3. The van der Waals surface area contributed by atoms with E-state index >= 15 is 0 Å². The van der Waals surface area contributed by atoms with E-state index in [9.17, 15) is 10.1 Å². The number of hydrogen-bond donors (Lipinski definition) is 0. The second kappa shape index (κ2) is 5.32. The van der Waals surface area contributed by atoms with Gasteiger partial charge in [-0.25, -0.2) is 4.98 Å². The first-order valence-corrected chi connectivity index (χ1v) is 7.76. The Morgan fingerprint density at radius 1 is 1.30 bits per heavy atom. The largest absolute Gasteiger partial charge is 0.496 e. The summed E-state index contributed by atoms with van der Waals surface area (Å²) in [4.78, 5) is 17.7. The lowest BCUT2D eigenvalue weighted by molar-refractivity contribution is -0.116. The van der Waals surface area contributed by atoms with Crippen LogP contribution in [0.2, 0.25) is 0 Å². The number of hydrogen-bond acceptors (Lipinski definition) is 6. The molecular weight excluding hydrogens is 293 g/mol. The van der Waals surface area contributed by atoms with Gasteiger partial charge in [-0.15, -0.1) is 0 Å². The fourth-order valence-electron chi connectivity index (χ4n) is 2.73. The maximum Gasteiger partial charge on any atom is 0.496 e. The van der Waals surface area contributed by atoms with Crippen LogP contribution in [-0.2, 0) is 14.1 Å². The zero-order chi connectivity index (χ0) is 16.8. The van der Waals surface area contributed by atoms with Crippen molar-refractivity contribution in [2.75, 3.05) is 18.0 Å². The lowest BCUT2D eigenvalue weighted by atomic mass is 9.79. The summed E-state index contributed by atoms with van der Waals surface area (Å²) in [7, 11) is -0.547. The summed E-state index contributed by atoms with van der Waals surface area (Å²) in [6.07, 6.45) is 2.17. The van der Waals surface area contributed by atoms with Gasteiger partial charge in [0.05, 0.1) is 23.3 Å². The highest BCUT2D eigenvalue weighted by Gasteiger charge is 2.52. The Bertz CT molecular complexity index is 680. The van der Waals surface area contributed by atoms with Gasteiger partial charge in [0.2, 0.25) is 0 Å². The molecule has 1 aromatic heterocycles. The minimum atomic E-state index is -0.547. The number of ketones is 1. The van der Waals surface area contributed by atoms with E-state index in [1.54, 1.807) is 12.3 Å². The Hall–Kier alpha value is -1.91. The lowest BCUT2D eigenvalue weighted by Crippen LogP contribution is -2.41. The molecule has 120 valence electrons. The van der Waals surface area contributed by atoms with Crippen molar-refractivity contribution in [1.82, 2.24) is 4.98 Å². The maximum atomic E-state index is 11.5. The smallest absolute Gasteiger partial charge is 0.399 e. The van der Waals surface area contributed by atoms with Gasteiger partial charge in [-0.1, -0.05) is 0 Å². The van der Waals surface area contributed by atoms with Crippen molar-refractivity contribution in [3.63, 3.8) is 0 Å². The van der Waals surface area contributed by atoms with Crippen LogP contribution >= 0.6 is 0 Å². The highest BCUT2D eigenvalue weighted by Crippen LogP contribution is 2.36. The quantitative estimate of drug-likeness (QED) is 0.759. The number of Topliss-reactive ketones (excluding diaryl/α,β-unsaturated/α-hetero) is 1. The molecule has 0 saturated carbocycles. The topological polar surface area (TPSA) is 75.5 Å². The molecule has 23 heavy (non-hydrogen) atoms. The number of nitriles is 1. The van der Waals surface area contributed by atoms with Crippen LogP contribution in [0.1, 0.15) is 39.7 Å². The Morgan fingerprint density at radius 2 is 1.96 bits per heavy atom. The van der Waals surface area contributed by atoms with E-state index in [-0.39, 0.29) is 5.78 Å². The fourth-order valence-corrected chi connectivity index (χ4v) is 2.73. The first-order valence-electron chi connectivity index (χ1n) is 7.76. The number of carbonyl (C=O) groups excluding carboxylic acids is 1. The monoisotopic (exact) mass is 313 g/mol. The molecule has 2 aliphatic rings. The van der Waals surface area contributed by atoms with Crippen molar-refractivity contribution in [1.29, 1.82) is 5.26 Å². The molecule has 2 saturated heterocycles. The van der Waals surface area contributed by atoms with Crippen LogP contribution in [0.5, 0.6) is 0 Å². The molecule has 0 bridgehead atoms. The van der Waals surface area contributed by atoms with Crippen LogP contribution in [-0.4, -0.2) is 42.2 Å². The summed E-state index contributed by atoms with van der Waals surface area (Å²) < 4.78 is 12.0. The number of nitrogens with zero attached hydrogens (tertiary/aromatic N) is 3. The van der Waals surface area contributed by atoms with Crippen LogP contribution in [0.3, 0.4) is 0 Å². The predicted molar refractivity (Wildman–Crippen MR) is 86.5 cm³/mol. The molecule has 0 atom stereocenters. The molecule has 6 nitrogen and oxygen atoms in total. The molecule has 3 rings (SSSR count). The zero-order valence-electron chi connectivity index (χ0n) is 13.9. The maximum absolute atomic E-state index is 11.5. The second-order valence-corrected chi connectivity index (χ2v) is 7.05. The van der Waals surface area contributed by atoms with E-state index in [2.05, 4.69) is 11.1 Å². The van der Waals surface area contributed by atoms with Crippen LogP contribution in [0.25, 0.3) is 0 Å². The van der Waals surface area contributed by atoms with Gasteiger partial charge in [0, 0.05) is 24.6 Å². The first-order chi connectivity index (χ1) is 10.7. The molecule has 0 amide bonds. The number of carbonyl (C=O) groups is 1. The Morgan fingerprint density at radius 3 is 2.48 bits per heavy atom. The van der Waals surface area contributed by atoms with Gasteiger partial charge >= 0.3 is 7.12 Å². The van der Waals surface area contributed by atoms with Crippen molar-refractivity contribution >= 4 is 24.2 Å². The minimum absolute atomic E-state index is 0.172. The van der Waals surface area contributed by atoms with Crippen molar-refractivity contribution in [2.24, 2.45) is 0 Å². The van der Waals surface area contributed by atoms with Crippen LogP contribution < -0.4 is 10.4 Å². The number of rotatable bonds is 2. The molecule has 0 aromatic carbocycles. The van der Waals surface area contributed by atoms with E-state index in [0.717, 1.165) is 5.46 Å². The molecule has 3 heterocycles. The summed E-state index contributed by atoms with van der Waals surface area (Å²) in [6, 6.07) is 3.91. The molecule has 0 N–H and O–H groups in total. The van der Waals surface area contributed by atoms with Gasteiger partial charge in [-0.05, 0) is 33.8 Å². The molecule has 0 unspecified atom stereocenters.